The molecule has 0 saturated heterocycles. The predicted octanol–water partition coefficient (Wildman–Crippen LogP) is 2.07. The standard InChI is InChI=1S/C15H22N2O3/c1-3-5-13(15(19)20)17-12(4-2)14(18)10-6-8-11(16)9-7-10/h6-9,12-13,17H,3-5,16H2,1-2H3,(H,19,20). The van der Waals surface area contributed by atoms with E-state index in [-0.39, 0.29) is 5.78 Å². The maximum atomic E-state index is 12.4. The smallest absolute Gasteiger partial charge is 0.320 e. The van der Waals surface area contributed by atoms with Crippen molar-refractivity contribution in [3.05, 3.63) is 29.8 Å². The van der Waals surface area contributed by atoms with Gasteiger partial charge in [-0.2, -0.15) is 0 Å². The highest BCUT2D eigenvalue weighted by Crippen LogP contribution is 2.11. The zero-order chi connectivity index (χ0) is 15.1. The van der Waals surface area contributed by atoms with Gasteiger partial charge in [0.1, 0.15) is 6.04 Å². The van der Waals surface area contributed by atoms with Gasteiger partial charge >= 0.3 is 5.97 Å². The Labute approximate surface area is 119 Å². The van der Waals surface area contributed by atoms with Crippen molar-refractivity contribution in [2.24, 2.45) is 0 Å². The summed E-state index contributed by atoms with van der Waals surface area (Å²) in [5.74, 6) is -1.02. The number of nitrogens with one attached hydrogen (secondary N) is 1. The third kappa shape index (κ3) is 4.35. The summed E-state index contributed by atoms with van der Waals surface area (Å²) < 4.78 is 0. The van der Waals surface area contributed by atoms with Gasteiger partial charge in [-0.05, 0) is 37.1 Å². The fraction of sp³-hybridized carbons (Fsp3) is 0.467. The van der Waals surface area contributed by atoms with Gasteiger partial charge in [-0.15, -0.1) is 0 Å². The molecule has 0 saturated carbocycles. The fourth-order valence-electron chi connectivity index (χ4n) is 2.04. The Morgan fingerprint density at radius 1 is 1.20 bits per heavy atom. The molecule has 0 aliphatic rings. The molecular weight excluding hydrogens is 256 g/mol. The van der Waals surface area contributed by atoms with Gasteiger partial charge in [0.25, 0.3) is 0 Å². The normalized spacial score (nSPS) is 13.7. The summed E-state index contributed by atoms with van der Waals surface area (Å²) in [7, 11) is 0. The van der Waals surface area contributed by atoms with Crippen molar-refractivity contribution in [3.63, 3.8) is 0 Å². The number of carboxylic acids is 1. The van der Waals surface area contributed by atoms with E-state index >= 15 is 0 Å². The number of Topliss-reactive ketones (excluding diaryl/α,β-unsaturated/α-hetero) is 1. The molecule has 0 spiro atoms. The number of hydrogen-bond acceptors (Lipinski definition) is 4. The van der Waals surface area contributed by atoms with Gasteiger partial charge in [-0.1, -0.05) is 20.3 Å². The van der Waals surface area contributed by atoms with E-state index in [9.17, 15) is 9.59 Å². The van der Waals surface area contributed by atoms with Gasteiger partial charge in [-0.25, -0.2) is 0 Å². The van der Waals surface area contributed by atoms with E-state index in [1.807, 2.05) is 13.8 Å². The first kappa shape index (κ1) is 16.2. The van der Waals surface area contributed by atoms with Crippen LogP contribution in [0.5, 0.6) is 0 Å². The SMILES string of the molecule is CCCC(NC(CC)C(=O)c1ccc(N)cc1)C(=O)O. The van der Waals surface area contributed by atoms with Crippen molar-refractivity contribution in [2.45, 2.75) is 45.2 Å². The average Bonchev–Trinajstić information content (AvgIpc) is 2.43. The van der Waals surface area contributed by atoms with E-state index in [1.165, 1.54) is 0 Å². The first-order valence-corrected chi connectivity index (χ1v) is 6.88. The molecule has 0 bridgehead atoms. The van der Waals surface area contributed by atoms with Crippen molar-refractivity contribution < 1.29 is 14.7 Å². The Hall–Kier alpha value is -1.88. The van der Waals surface area contributed by atoms with Crippen molar-refractivity contribution in [3.8, 4) is 0 Å². The third-order valence-electron chi connectivity index (χ3n) is 3.20. The van der Waals surface area contributed by atoms with Crippen molar-refractivity contribution in [1.82, 2.24) is 5.32 Å². The predicted molar refractivity (Wildman–Crippen MR) is 78.7 cm³/mol. The zero-order valence-electron chi connectivity index (χ0n) is 11.9. The number of carbonyl (C=O) groups excluding carboxylic acids is 1. The lowest BCUT2D eigenvalue weighted by Gasteiger charge is -2.21. The first-order chi connectivity index (χ1) is 9.49. The van der Waals surface area contributed by atoms with E-state index < -0.39 is 18.1 Å². The number of hydrogen-bond donors (Lipinski definition) is 3. The van der Waals surface area contributed by atoms with Gasteiger partial charge in [-0.3, -0.25) is 14.9 Å². The van der Waals surface area contributed by atoms with E-state index in [4.69, 9.17) is 10.8 Å². The minimum Gasteiger partial charge on any atom is -0.480 e. The molecule has 0 heterocycles. The maximum absolute atomic E-state index is 12.4. The molecule has 0 aliphatic carbocycles. The number of ketones is 1. The molecule has 0 aliphatic heterocycles. The van der Waals surface area contributed by atoms with Gasteiger partial charge in [0.05, 0.1) is 6.04 Å². The molecule has 1 aromatic carbocycles. The molecule has 0 aromatic heterocycles. The molecule has 0 fully saturated rings. The maximum Gasteiger partial charge on any atom is 0.320 e. The van der Waals surface area contributed by atoms with Crippen LogP contribution in [0, 0.1) is 0 Å². The van der Waals surface area contributed by atoms with Crippen molar-refractivity contribution in [1.29, 1.82) is 0 Å². The van der Waals surface area contributed by atoms with Gasteiger partial charge in [0, 0.05) is 11.3 Å². The van der Waals surface area contributed by atoms with Crippen LogP contribution in [0.3, 0.4) is 0 Å². The summed E-state index contributed by atoms with van der Waals surface area (Å²) in [4.78, 5) is 23.5. The minimum absolute atomic E-state index is 0.102. The summed E-state index contributed by atoms with van der Waals surface area (Å²) in [6.07, 6.45) is 1.79. The van der Waals surface area contributed by atoms with E-state index in [0.29, 0.717) is 24.1 Å². The van der Waals surface area contributed by atoms with Crippen LogP contribution < -0.4 is 11.1 Å². The van der Waals surface area contributed by atoms with Crippen LogP contribution in [0.1, 0.15) is 43.5 Å². The Morgan fingerprint density at radius 3 is 2.25 bits per heavy atom. The second kappa shape index (κ2) is 7.65. The van der Waals surface area contributed by atoms with Crippen LogP contribution in [0.15, 0.2) is 24.3 Å². The van der Waals surface area contributed by atoms with E-state index in [2.05, 4.69) is 5.32 Å². The molecule has 5 heteroatoms. The van der Waals surface area contributed by atoms with Crippen LogP contribution in [0.4, 0.5) is 5.69 Å². The Kier molecular flexibility index (Phi) is 6.18. The lowest BCUT2D eigenvalue weighted by molar-refractivity contribution is -0.139. The zero-order valence-corrected chi connectivity index (χ0v) is 11.9. The molecule has 110 valence electrons. The van der Waals surface area contributed by atoms with E-state index in [1.54, 1.807) is 24.3 Å². The molecule has 4 N–H and O–H groups in total. The number of rotatable bonds is 8. The largest absolute Gasteiger partial charge is 0.480 e. The number of anilines is 1. The van der Waals surface area contributed by atoms with Crippen LogP contribution in [-0.4, -0.2) is 28.9 Å². The summed E-state index contributed by atoms with van der Waals surface area (Å²) >= 11 is 0. The minimum atomic E-state index is -0.921. The number of aliphatic carboxylic acids is 1. The lowest BCUT2D eigenvalue weighted by atomic mass is 10.00. The molecule has 0 amide bonds. The second-order valence-corrected chi connectivity index (χ2v) is 4.79. The Bertz CT molecular complexity index is 457. The van der Waals surface area contributed by atoms with Gasteiger partial charge < -0.3 is 10.8 Å². The van der Waals surface area contributed by atoms with Crippen LogP contribution >= 0.6 is 0 Å². The van der Waals surface area contributed by atoms with Gasteiger partial charge in [0.2, 0.25) is 0 Å². The van der Waals surface area contributed by atoms with Gasteiger partial charge in [0.15, 0.2) is 5.78 Å². The summed E-state index contributed by atoms with van der Waals surface area (Å²) in [6.45, 7) is 3.78. The Balaban J connectivity index is 2.81. The number of nitrogen functional groups attached to an aromatic ring is 1. The quantitative estimate of drug-likeness (QED) is 0.500. The molecular formula is C15H22N2O3. The first-order valence-electron chi connectivity index (χ1n) is 6.88. The van der Waals surface area contributed by atoms with Crippen molar-refractivity contribution >= 4 is 17.4 Å². The number of carbonyl (C=O) groups is 2. The monoisotopic (exact) mass is 278 g/mol. The topological polar surface area (TPSA) is 92.4 Å². The fourth-order valence-corrected chi connectivity index (χ4v) is 2.04. The number of carboxylic acid groups (broad SMARTS) is 1. The summed E-state index contributed by atoms with van der Waals surface area (Å²) in [5, 5.41) is 12.1. The lowest BCUT2D eigenvalue weighted by Crippen LogP contribution is -2.46. The third-order valence-corrected chi connectivity index (χ3v) is 3.20. The molecule has 2 unspecified atom stereocenters. The average molecular weight is 278 g/mol. The highest BCUT2D eigenvalue weighted by Gasteiger charge is 2.24. The Morgan fingerprint density at radius 2 is 1.80 bits per heavy atom. The molecule has 20 heavy (non-hydrogen) atoms. The summed E-state index contributed by atoms with van der Waals surface area (Å²) in [5.41, 5.74) is 6.73. The molecule has 1 rings (SSSR count). The number of benzene rings is 1. The van der Waals surface area contributed by atoms with Crippen molar-refractivity contribution in [2.75, 3.05) is 5.73 Å². The molecule has 5 nitrogen and oxygen atoms in total. The van der Waals surface area contributed by atoms with Crippen LogP contribution in [0.25, 0.3) is 0 Å². The summed E-state index contributed by atoms with van der Waals surface area (Å²) in [6, 6.07) is 5.48. The number of nitrogens with two attached hydrogens (primary N) is 1. The van der Waals surface area contributed by atoms with Crippen LogP contribution in [-0.2, 0) is 4.79 Å². The molecule has 1 aromatic rings. The molecule has 2 atom stereocenters. The highest BCUT2D eigenvalue weighted by atomic mass is 16.4. The molecule has 0 radical (unpaired) electrons. The highest BCUT2D eigenvalue weighted by molar-refractivity contribution is 6.00. The van der Waals surface area contributed by atoms with E-state index in [0.717, 1.165) is 6.42 Å². The second-order valence-electron chi connectivity index (χ2n) is 4.79. The van der Waals surface area contributed by atoms with Crippen LogP contribution in [0.2, 0.25) is 0 Å².